The molecule has 0 saturated heterocycles. The lowest BCUT2D eigenvalue weighted by molar-refractivity contribution is -0.136. The van der Waals surface area contributed by atoms with Gasteiger partial charge in [0.05, 0.1) is 6.42 Å². The number of aryl methyl sites for hydroxylation is 1. The summed E-state index contributed by atoms with van der Waals surface area (Å²) in [5.41, 5.74) is 1.79. The van der Waals surface area contributed by atoms with Gasteiger partial charge >= 0.3 is 12.6 Å². The SMILES string of the molecule is Cc1ccc(OC(F)F)c(CC(=O)O)c1CBr. The summed E-state index contributed by atoms with van der Waals surface area (Å²) in [5.74, 6) is -1.17. The van der Waals surface area contributed by atoms with Crippen LogP contribution in [0.2, 0.25) is 0 Å². The van der Waals surface area contributed by atoms with E-state index in [1.54, 1.807) is 13.0 Å². The normalized spacial score (nSPS) is 10.6. The molecular weight excluding hydrogens is 298 g/mol. The summed E-state index contributed by atoms with van der Waals surface area (Å²) < 4.78 is 28.7. The highest BCUT2D eigenvalue weighted by Crippen LogP contribution is 2.29. The van der Waals surface area contributed by atoms with Crippen molar-refractivity contribution in [2.45, 2.75) is 25.3 Å². The number of hydrogen-bond donors (Lipinski definition) is 1. The number of carbonyl (C=O) groups is 1. The van der Waals surface area contributed by atoms with Crippen LogP contribution in [0, 0.1) is 6.92 Å². The van der Waals surface area contributed by atoms with E-state index in [1.807, 2.05) is 0 Å². The van der Waals surface area contributed by atoms with Gasteiger partial charge in [0, 0.05) is 10.9 Å². The number of rotatable bonds is 5. The first-order valence-corrected chi connectivity index (χ1v) is 5.91. The van der Waals surface area contributed by atoms with E-state index >= 15 is 0 Å². The topological polar surface area (TPSA) is 46.5 Å². The van der Waals surface area contributed by atoms with Crippen molar-refractivity contribution in [2.24, 2.45) is 0 Å². The summed E-state index contributed by atoms with van der Waals surface area (Å²) in [6, 6.07) is 2.99. The number of alkyl halides is 3. The number of hydrogen-bond acceptors (Lipinski definition) is 2. The van der Waals surface area contributed by atoms with Crippen molar-refractivity contribution < 1.29 is 23.4 Å². The van der Waals surface area contributed by atoms with Crippen LogP contribution in [0.4, 0.5) is 8.78 Å². The quantitative estimate of drug-likeness (QED) is 0.850. The summed E-state index contributed by atoms with van der Waals surface area (Å²) in [6.45, 7) is -1.18. The fraction of sp³-hybridized carbons (Fsp3) is 0.364. The van der Waals surface area contributed by atoms with Gasteiger partial charge in [-0.3, -0.25) is 4.79 Å². The molecule has 0 fully saturated rings. The van der Waals surface area contributed by atoms with Crippen LogP contribution < -0.4 is 4.74 Å². The number of benzene rings is 1. The van der Waals surface area contributed by atoms with E-state index in [2.05, 4.69) is 20.7 Å². The highest BCUT2D eigenvalue weighted by atomic mass is 79.9. The minimum absolute atomic E-state index is 0.0811. The van der Waals surface area contributed by atoms with Gasteiger partial charge < -0.3 is 9.84 Å². The van der Waals surface area contributed by atoms with E-state index in [9.17, 15) is 13.6 Å². The highest BCUT2D eigenvalue weighted by molar-refractivity contribution is 9.08. The molecule has 0 spiro atoms. The average Bonchev–Trinajstić information content (AvgIpc) is 2.21. The molecular formula is C11H11BrF2O3. The second-order valence-corrected chi connectivity index (χ2v) is 3.98. The Labute approximate surface area is 106 Å². The van der Waals surface area contributed by atoms with E-state index in [0.717, 1.165) is 5.56 Å². The van der Waals surface area contributed by atoms with Crippen molar-refractivity contribution in [3.8, 4) is 5.75 Å². The summed E-state index contributed by atoms with van der Waals surface area (Å²) in [7, 11) is 0. The van der Waals surface area contributed by atoms with Gasteiger partial charge in [-0.15, -0.1) is 0 Å². The fourth-order valence-corrected chi connectivity index (χ4v) is 2.31. The smallest absolute Gasteiger partial charge is 0.387 e. The molecule has 0 bridgehead atoms. The molecule has 0 amide bonds. The Morgan fingerprint density at radius 1 is 1.47 bits per heavy atom. The number of ether oxygens (including phenoxy) is 1. The van der Waals surface area contributed by atoms with Gasteiger partial charge in [0.15, 0.2) is 0 Å². The van der Waals surface area contributed by atoms with Crippen LogP contribution in [-0.4, -0.2) is 17.7 Å². The third kappa shape index (κ3) is 3.66. The lowest BCUT2D eigenvalue weighted by Crippen LogP contribution is -2.10. The number of halogens is 3. The number of aliphatic carboxylic acids is 1. The molecule has 6 heteroatoms. The number of carboxylic acids is 1. The lowest BCUT2D eigenvalue weighted by atomic mass is 10.00. The molecule has 0 unspecified atom stereocenters. The third-order valence-electron chi connectivity index (χ3n) is 2.30. The molecule has 1 rings (SSSR count). The van der Waals surface area contributed by atoms with Crippen LogP contribution in [0.25, 0.3) is 0 Å². The molecule has 94 valence electrons. The summed E-state index contributed by atoms with van der Waals surface area (Å²) in [5, 5.41) is 9.17. The molecule has 0 atom stereocenters. The van der Waals surface area contributed by atoms with E-state index in [4.69, 9.17) is 5.11 Å². The lowest BCUT2D eigenvalue weighted by Gasteiger charge is -2.14. The van der Waals surface area contributed by atoms with Crippen molar-refractivity contribution in [2.75, 3.05) is 0 Å². The van der Waals surface area contributed by atoms with E-state index in [-0.39, 0.29) is 17.7 Å². The Balaban J connectivity index is 3.23. The van der Waals surface area contributed by atoms with Crippen molar-refractivity contribution in [1.29, 1.82) is 0 Å². The molecule has 0 heterocycles. The minimum Gasteiger partial charge on any atom is -0.481 e. The van der Waals surface area contributed by atoms with Gasteiger partial charge in [0.2, 0.25) is 0 Å². The molecule has 3 nitrogen and oxygen atoms in total. The summed E-state index contributed by atoms with van der Waals surface area (Å²) >= 11 is 3.21. The molecule has 0 radical (unpaired) electrons. The predicted octanol–water partition coefficient (Wildman–Crippen LogP) is 3.12. The van der Waals surface area contributed by atoms with Crippen LogP contribution in [-0.2, 0) is 16.5 Å². The van der Waals surface area contributed by atoms with Gasteiger partial charge in [0.25, 0.3) is 0 Å². The first-order chi connectivity index (χ1) is 7.95. The predicted molar refractivity (Wildman–Crippen MR) is 61.8 cm³/mol. The zero-order chi connectivity index (χ0) is 13.0. The van der Waals surface area contributed by atoms with E-state index in [0.29, 0.717) is 10.9 Å². The highest BCUT2D eigenvalue weighted by Gasteiger charge is 2.17. The van der Waals surface area contributed by atoms with Gasteiger partial charge in [0.1, 0.15) is 5.75 Å². The van der Waals surface area contributed by atoms with Crippen LogP contribution in [0.3, 0.4) is 0 Å². The molecule has 0 aromatic heterocycles. The largest absolute Gasteiger partial charge is 0.481 e. The van der Waals surface area contributed by atoms with Crippen LogP contribution >= 0.6 is 15.9 Å². The van der Waals surface area contributed by atoms with Crippen LogP contribution in [0.1, 0.15) is 16.7 Å². The van der Waals surface area contributed by atoms with Crippen molar-refractivity contribution >= 4 is 21.9 Å². The maximum Gasteiger partial charge on any atom is 0.387 e. The Bertz CT molecular complexity index is 421. The van der Waals surface area contributed by atoms with Gasteiger partial charge in [-0.2, -0.15) is 8.78 Å². The number of carboxylic acid groups (broad SMARTS) is 1. The second-order valence-electron chi connectivity index (χ2n) is 3.42. The van der Waals surface area contributed by atoms with Gasteiger partial charge in [-0.25, -0.2) is 0 Å². The first-order valence-electron chi connectivity index (χ1n) is 4.79. The second kappa shape index (κ2) is 5.95. The molecule has 17 heavy (non-hydrogen) atoms. The minimum atomic E-state index is -2.96. The van der Waals surface area contributed by atoms with E-state index in [1.165, 1.54) is 6.07 Å². The fourth-order valence-electron chi connectivity index (χ4n) is 1.53. The maximum absolute atomic E-state index is 12.2. The monoisotopic (exact) mass is 308 g/mol. The zero-order valence-corrected chi connectivity index (χ0v) is 10.6. The molecule has 0 aliphatic heterocycles. The molecule has 1 aromatic carbocycles. The summed E-state index contributed by atoms with van der Waals surface area (Å²) in [4.78, 5) is 10.7. The van der Waals surface area contributed by atoms with E-state index < -0.39 is 12.6 Å². The van der Waals surface area contributed by atoms with Crippen molar-refractivity contribution in [3.63, 3.8) is 0 Å². The van der Waals surface area contributed by atoms with Gasteiger partial charge in [-0.05, 0) is 24.1 Å². The molecule has 0 aliphatic carbocycles. The van der Waals surface area contributed by atoms with Gasteiger partial charge in [-0.1, -0.05) is 22.0 Å². The Morgan fingerprint density at radius 3 is 2.59 bits per heavy atom. The van der Waals surface area contributed by atoms with Crippen molar-refractivity contribution in [3.05, 3.63) is 28.8 Å². The average molecular weight is 309 g/mol. The third-order valence-corrected chi connectivity index (χ3v) is 2.86. The summed E-state index contributed by atoms with van der Waals surface area (Å²) in [6.07, 6.45) is -0.343. The molecule has 0 aliphatic rings. The Hall–Kier alpha value is -1.17. The van der Waals surface area contributed by atoms with Crippen LogP contribution in [0.15, 0.2) is 12.1 Å². The zero-order valence-electron chi connectivity index (χ0n) is 9.04. The Kier molecular flexibility index (Phi) is 4.86. The standard InChI is InChI=1S/C11H11BrF2O3/c1-6-2-3-9(17-11(13)14)7(4-10(15)16)8(6)5-12/h2-3,11H,4-5H2,1H3,(H,15,16). The molecule has 1 aromatic rings. The Morgan fingerprint density at radius 2 is 2.12 bits per heavy atom. The van der Waals surface area contributed by atoms with Crippen LogP contribution in [0.5, 0.6) is 5.75 Å². The first kappa shape index (κ1) is 13.9. The van der Waals surface area contributed by atoms with Crippen molar-refractivity contribution in [1.82, 2.24) is 0 Å². The molecule has 0 saturated carbocycles. The maximum atomic E-state index is 12.2. The molecule has 1 N–H and O–H groups in total.